The van der Waals surface area contributed by atoms with Crippen molar-refractivity contribution >= 4 is 16.6 Å². The maximum Gasteiger partial charge on any atom is 0.145 e. The van der Waals surface area contributed by atoms with Crippen LogP contribution in [-0.4, -0.2) is 17.4 Å². The van der Waals surface area contributed by atoms with E-state index in [2.05, 4.69) is 18.2 Å². The van der Waals surface area contributed by atoms with Crippen LogP contribution in [-0.2, 0) is 17.8 Å². The molecule has 3 nitrogen and oxygen atoms in total. The minimum absolute atomic E-state index is 0.00138. The van der Waals surface area contributed by atoms with E-state index >= 15 is 0 Å². The highest BCUT2D eigenvalue weighted by Gasteiger charge is 2.19. The number of carbonyl (C=O) groups excluding carboxylic acids is 1. The molecular weight excluding hydrogens is 298 g/mol. The second-order valence-electron chi connectivity index (χ2n) is 6.01. The van der Waals surface area contributed by atoms with Gasteiger partial charge < -0.3 is 10.8 Å². The van der Waals surface area contributed by atoms with E-state index in [1.807, 2.05) is 48.5 Å². The molecule has 0 radical (unpaired) electrons. The Bertz CT molecular complexity index is 840. The Balaban J connectivity index is 1.79. The van der Waals surface area contributed by atoms with Crippen molar-refractivity contribution in [1.82, 2.24) is 0 Å². The van der Waals surface area contributed by atoms with Gasteiger partial charge in [-0.05, 0) is 27.5 Å². The molecule has 0 bridgehead atoms. The number of fused-ring (bicyclic) bond motifs is 1. The highest BCUT2D eigenvalue weighted by atomic mass is 16.3. The molecule has 3 N–H and O–H groups in total. The van der Waals surface area contributed by atoms with Crippen molar-refractivity contribution in [2.75, 3.05) is 6.54 Å². The van der Waals surface area contributed by atoms with Crippen LogP contribution in [0.15, 0.2) is 66.7 Å². The second kappa shape index (κ2) is 7.39. The van der Waals surface area contributed by atoms with E-state index in [1.165, 1.54) is 5.39 Å². The molecular formula is C21H21NO2. The summed E-state index contributed by atoms with van der Waals surface area (Å²) in [4.78, 5) is 12.7. The molecule has 0 aliphatic rings. The van der Waals surface area contributed by atoms with Crippen molar-refractivity contribution in [3.8, 4) is 0 Å². The van der Waals surface area contributed by atoms with Gasteiger partial charge in [0, 0.05) is 13.0 Å². The molecule has 24 heavy (non-hydrogen) atoms. The lowest BCUT2D eigenvalue weighted by Crippen LogP contribution is -2.23. The first-order chi connectivity index (χ1) is 11.7. The first-order valence-electron chi connectivity index (χ1n) is 8.11. The highest BCUT2D eigenvalue weighted by Crippen LogP contribution is 2.21. The van der Waals surface area contributed by atoms with Gasteiger partial charge >= 0.3 is 0 Å². The van der Waals surface area contributed by atoms with Crippen LogP contribution in [0.25, 0.3) is 10.8 Å². The van der Waals surface area contributed by atoms with Crippen molar-refractivity contribution in [2.45, 2.75) is 18.9 Å². The average molecular weight is 319 g/mol. The third-order valence-electron chi connectivity index (χ3n) is 4.38. The van der Waals surface area contributed by atoms with Gasteiger partial charge in [0.25, 0.3) is 0 Å². The molecule has 3 aromatic carbocycles. The standard InChI is InChI=1S/C21H21NO2/c22-13-20(18-9-5-15(14-23)6-10-18)21(24)12-16-7-8-17-3-1-2-4-19(17)11-16/h1-11,20,23H,12-14,22H2/t20-/m1/s1. The summed E-state index contributed by atoms with van der Waals surface area (Å²) in [6.07, 6.45) is 0.369. The first-order valence-corrected chi connectivity index (χ1v) is 8.11. The number of aliphatic hydroxyl groups is 1. The largest absolute Gasteiger partial charge is 0.392 e. The fourth-order valence-corrected chi connectivity index (χ4v) is 2.98. The van der Waals surface area contributed by atoms with Crippen LogP contribution < -0.4 is 5.73 Å². The molecule has 3 heteroatoms. The molecule has 0 heterocycles. The first kappa shape index (κ1) is 16.4. The molecule has 0 spiro atoms. The zero-order valence-electron chi connectivity index (χ0n) is 13.5. The maximum atomic E-state index is 12.7. The molecule has 0 saturated carbocycles. The molecule has 0 aliphatic carbocycles. The fraction of sp³-hybridized carbons (Fsp3) is 0.190. The number of hydrogen-bond acceptors (Lipinski definition) is 3. The number of aliphatic hydroxyl groups excluding tert-OH is 1. The molecule has 122 valence electrons. The van der Waals surface area contributed by atoms with Crippen molar-refractivity contribution in [3.63, 3.8) is 0 Å². The number of Topliss-reactive ketones (excluding diaryl/α,β-unsaturated/α-hetero) is 1. The highest BCUT2D eigenvalue weighted by molar-refractivity contribution is 5.90. The van der Waals surface area contributed by atoms with E-state index in [9.17, 15) is 4.79 Å². The van der Waals surface area contributed by atoms with Gasteiger partial charge in [0.15, 0.2) is 0 Å². The SMILES string of the molecule is NC[C@@H](C(=O)Cc1ccc2ccccc2c1)c1ccc(CO)cc1. The summed E-state index contributed by atoms with van der Waals surface area (Å²) in [7, 11) is 0. The predicted octanol–water partition coefficient (Wildman–Crippen LogP) is 3.19. The lowest BCUT2D eigenvalue weighted by Gasteiger charge is -2.15. The van der Waals surface area contributed by atoms with Gasteiger partial charge in [0.1, 0.15) is 5.78 Å². The Morgan fingerprint density at radius 2 is 1.58 bits per heavy atom. The van der Waals surface area contributed by atoms with Gasteiger partial charge in [0.2, 0.25) is 0 Å². The molecule has 0 aliphatic heterocycles. The Morgan fingerprint density at radius 3 is 2.25 bits per heavy atom. The molecule has 0 unspecified atom stereocenters. The van der Waals surface area contributed by atoms with E-state index in [1.54, 1.807) is 0 Å². The van der Waals surface area contributed by atoms with Crippen LogP contribution in [0.3, 0.4) is 0 Å². The van der Waals surface area contributed by atoms with Gasteiger partial charge in [-0.15, -0.1) is 0 Å². The minimum Gasteiger partial charge on any atom is -0.392 e. The summed E-state index contributed by atoms with van der Waals surface area (Å²) in [5, 5.41) is 11.4. The summed E-state index contributed by atoms with van der Waals surface area (Å²) in [6.45, 7) is 0.281. The summed E-state index contributed by atoms with van der Waals surface area (Å²) in [5.74, 6) is -0.200. The van der Waals surface area contributed by atoms with E-state index in [0.717, 1.165) is 22.1 Å². The van der Waals surface area contributed by atoms with E-state index in [-0.39, 0.29) is 24.9 Å². The van der Waals surface area contributed by atoms with Crippen LogP contribution in [0, 0.1) is 0 Å². The Morgan fingerprint density at radius 1 is 0.917 bits per heavy atom. The van der Waals surface area contributed by atoms with E-state index in [4.69, 9.17) is 10.8 Å². The van der Waals surface area contributed by atoms with Crippen LogP contribution in [0.2, 0.25) is 0 Å². The van der Waals surface area contributed by atoms with Crippen LogP contribution in [0.5, 0.6) is 0 Å². The minimum atomic E-state index is -0.316. The molecule has 3 aromatic rings. The number of rotatable bonds is 6. The van der Waals surface area contributed by atoms with Gasteiger partial charge in [-0.25, -0.2) is 0 Å². The van der Waals surface area contributed by atoms with Gasteiger partial charge in [-0.2, -0.15) is 0 Å². The summed E-state index contributed by atoms with van der Waals surface area (Å²) in [5.41, 5.74) is 8.59. The summed E-state index contributed by atoms with van der Waals surface area (Å²) >= 11 is 0. The van der Waals surface area contributed by atoms with E-state index < -0.39 is 0 Å². The lowest BCUT2D eigenvalue weighted by atomic mass is 9.90. The van der Waals surface area contributed by atoms with Crippen molar-refractivity contribution < 1.29 is 9.90 Å². The molecule has 0 saturated heterocycles. The van der Waals surface area contributed by atoms with Crippen LogP contribution in [0.1, 0.15) is 22.6 Å². The number of benzene rings is 3. The predicted molar refractivity (Wildman–Crippen MR) is 96.8 cm³/mol. The fourth-order valence-electron chi connectivity index (χ4n) is 2.98. The topological polar surface area (TPSA) is 63.3 Å². The quantitative estimate of drug-likeness (QED) is 0.733. The van der Waals surface area contributed by atoms with Crippen LogP contribution >= 0.6 is 0 Å². The normalized spacial score (nSPS) is 12.2. The Hall–Kier alpha value is -2.49. The number of nitrogens with two attached hydrogens (primary N) is 1. The Kier molecular flexibility index (Phi) is 5.04. The van der Waals surface area contributed by atoms with Crippen LogP contribution in [0.4, 0.5) is 0 Å². The maximum absolute atomic E-state index is 12.7. The molecule has 3 rings (SSSR count). The number of carbonyl (C=O) groups is 1. The average Bonchev–Trinajstić information content (AvgIpc) is 2.63. The third-order valence-corrected chi connectivity index (χ3v) is 4.38. The van der Waals surface area contributed by atoms with Gasteiger partial charge in [-0.3, -0.25) is 4.79 Å². The number of hydrogen-bond donors (Lipinski definition) is 2. The van der Waals surface area contributed by atoms with E-state index in [0.29, 0.717) is 6.42 Å². The second-order valence-corrected chi connectivity index (χ2v) is 6.01. The molecule has 0 fully saturated rings. The molecule has 1 atom stereocenters. The van der Waals surface area contributed by atoms with Crippen molar-refractivity contribution in [1.29, 1.82) is 0 Å². The van der Waals surface area contributed by atoms with Crippen molar-refractivity contribution in [2.24, 2.45) is 5.73 Å². The lowest BCUT2D eigenvalue weighted by molar-refractivity contribution is -0.119. The summed E-state index contributed by atoms with van der Waals surface area (Å²) < 4.78 is 0. The molecule has 0 amide bonds. The third kappa shape index (κ3) is 3.53. The molecule has 0 aromatic heterocycles. The van der Waals surface area contributed by atoms with Gasteiger partial charge in [0.05, 0.1) is 12.5 Å². The Labute approximate surface area is 141 Å². The smallest absolute Gasteiger partial charge is 0.145 e. The van der Waals surface area contributed by atoms with Gasteiger partial charge in [-0.1, -0.05) is 66.7 Å². The number of ketones is 1. The zero-order valence-corrected chi connectivity index (χ0v) is 13.5. The van der Waals surface area contributed by atoms with Crippen molar-refractivity contribution in [3.05, 3.63) is 83.4 Å². The monoisotopic (exact) mass is 319 g/mol. The summed E-state index contributed by atoms with van der Waals surface area (Å²) in [6, 6.07) is 21.7. The zero-order chi connectivity index (χ0) is 16.9.